The summed E-state index contributed by atoms with van der Waals surface area (Å²) >= 11 is 1.58. The van der Waals surface area contributed by atoms with E-state index in [1.165, 1.54) is 4.57 Å². The number of anilines is 2. The molecule has 29 heavy (non-hydrogen) atoms. The number of aromatic nitrogens is 3. The highest BCUT2D eigenvalue weighted by atomic mass is 32.1. The van der Waals surface area contributed by atoms with Crippen LogP contribution in [0.2, 0.25) is 0 Å². The van der Waals surface area contributed by atoms with Crippen molar-refractivity contribution in [3.63, 3.8) is 0 Å². The minimum Gasteiger partial charge on any atom is -0.383 e. The van der Waals surface area contributed by atoms with E-state index in [1.54, 1.807) is 11.3 Å². The minimum absolute atomic E-state index is 0.158. The van der Waals surface area contributed by atoms with E-state index in [0.717, 1.165) is 20.8 Å². The summed E-state index contributed by atoms with van der Waals surface area (Å²) in [5, 5.41) is 0.882. The number of nitrogen functional groups attached to an aromatic ring is 1. The highest BCUT2D eigenvalue weighted by Crippen LogP contribution is 2.25. The highest BCUT2D eigenvalue weighted by Gasteiger charge is 2.19. The summed E-state index contributed by atoms with van der Waals surface area (Å²) in [5.74, 6) is 0.158. The molecular formula is C21H21N5O2S. The zero-order valence-electron chi connectivity index (χ0n) is 16.0. The lowest BCUT2D eigenvalue weighted by molar-refractivity contribution is 0.717. The van der Waals surface area contributed by atoms with Gasteiger partial charge in [0.25, 0.3) is 5.56 Å². The monoisotopic (exact) mass is 407 g/mol. The second-order valence-electron chi connectivity index (χ2n) is 6.65. The third-order valence-electron chi connectivity index (χ3n) is 4.76. The molecule has 0 fully saturated rings. The first-order chi connectivity index (χ1) is 14.1. The van der Waals surface area contributed by atoms with Gasteiger partial charge < -0.3 is 10.6 Å². The summed E-state index contributed by atoms with van der Waals surface area (Å²) in [6.45, 7) is 3.21. The average Bonchev–Trinajstić information content (AvgIpc) is 3.13. The summed E-state index contributed by atoms with van der Waals surface area (Å²) in [7, 11) is 0. The maximum Gasteiger partial charge on any atom is 0.330 e. The van der Waals surface area contributed by atoms with Crippen LogP contribution in [0.15, 0.2) is 64.2 Å². The molecule has 0 atom stereocenters. The van der Waals surface area contributed by atoms with Gasteiger partial charge in [-0.1, -0.05) is 42.5 Å². The third kappa shape index (κ3) is 3.79. The van der Waals surface area contributed by atoms with Crippen LogP contribution in [0, 0.1) is 0 Å². The van der Waals surface area contributed by atoms with Gasteiger partial charge >= 0.3 is 5.69 Å². The van der Waals surface area contributed by atoms with Crippen LogP contribution in [-0.4, -0.2) is 21.1 Å². The Morgan fingerprint density at radius 2 is 1.83 bits per heavy atom. The Labute approximate surface area is 171 Å². The van der Waals surface area contributed by atoms with Crippen molar-refractivity contribution in [3.8, 4) is 0 Å². The van der Waals surface area contributed by atoms with E-state index >= 15 is 0 Å². The molecule has 0 saturated carbocycles. The molecule has 0 aliphatic rings. The number of nitrogens with two attached hydrogens (primary N) is 1. The molecule has 2 aromatic carbocycles. The lowest BCUT2D eigenvalue weighted by atomic mass is 10.2. The van der Waals surface area contributed by atoms with Crippen LogP contribution in [0.25, 0.3) is 10.2 Å². The van der Waals surface area contributed by atoms with Gasteiger partial charge in [0.1, 0.15) is 16.5 Å². The summed E-state index contributed by atoms with van der Waals surface area (Å²) in [4.78, 5) is 33.9. The molecule has 2 heterocycles. The van der Waals surface area contributed by atoms with Crippen molar-refractivity contribution < 1.29 is 0 Å². The van der Waals surface area contributed by atoms with Crippen LogP contribution in [0.5, 0.6) is 0 Å². The molecule has 2 aromatic heterocycles. The normalized spacial score (nSPS) is 11.1. The number of fused-ring (bicyclic) bond motifs is 1. The molecule has 3 N–H and O–H groups in total. The molecular weight excluding hydrogens is 386 g/mol. The molecule has 148 valence electrons. The first-order valence-corrected chi connectivity index (χ1v) is 10.1. The van der Waals surface area contributed by atoms with Crippen LogP contribution in [0.1, 0.15) is 17.5 Å². The Balaban J connectivity index is 1.72. The molecule has 4 rings (SSSR count). The molecule has 0 saturated heterocycles. The number of hydrogen-bond donors (Lipinski definition) is 2. The number of nitrogens with one attached hydrogen (secondary N) is 1. The largest absolute Gasteiger partial charge is 0.383 e. The highest BCUT2D eigenvalue weighted by molar-refractivity contribution is 7.18. The number of rotatable bonds is 6. The minimum atomic E-state index is -0.517. The van der Waals surface area contributed by atoms with E-state index in [9.17, 15) is 9.59 Å². The van der Waals surface area contributed by atoms with E-state index in [1.807, 2.05) is 66.4 Å². The summed E-state index contributed by atoms with van der Waals surface area (Å²) in [6, 6.07) is 17.4. The van der Waals surface area contributed by atoms with Gasteiger partial charge in [-0.15, -0.1) is 11.3 Å². The Morgan fingerprint density at radius 1 is 1.10 bits per heavy atom. The van der Waals surface area contributed by atoms with E-state index in [0.29, 0.717) is 18.8 Å². The van der Waals surface area contributed by atoms with Crippen LogP contribution >= 0.6 is 11.3 Å². The van der Waals surface area contributed by atoms with Gasteiger partial charge in [0.15, 0.2) is 0 Å². The first kappa shape index (κ1) is 18.9. The van der Waals surface area contributed by atoms with E-state index in [4.69, 9.17) is 5.73 Å². The third-order valence-corrected chi connectivity index (χ3v) is 5.78. The standard InChI is InChI=1S/C21H21N5O2S/c1-2-25(13-17-23-15-10-6-7-11-16(15)29-17)18-19(22)26(21(28)24-20(18)27)12-14-8-4-3-5-9-14/h3-11H,2,12-13,22H2,1H3,(H,24,27,28). The number of nitrogens with zero attached hydrogens (tertiary/aromatic N) is 3. The van der Waals surface area contributed by atoms with Gasteiger partial charge in [0, 0.05) is 6.54 Å². The maximum atomic E-state index is 12.6. The van der Waals surface area contributed by atoms with Gasteiger partial charge in [-0.25, -0.2) is 9.78 Å². The van der Waals surface area contributed by atoms with Gasteiger partial charge in [0.2, 0.25) is 0 Å². The van der Waals surface area contributed by atoms with Crippen molar-refractivity contribution in [1.82, 2.24) is 14.5 Å². The predicted molar refractivity (Wildman–Crippen MR) is 118 cm³/mol. The van der Waals surface area contributed by atoms with E-state index in [-0.39, 0.29) is 12.4 Å². The quantitative estimate of drug-likeness (QED) is 0.512. The molecule has 0 amide bonds. The van der Waals surface area contributed by atoms with Crippen LogP contribution in [0.3, 0.4) is 0 Å². The second kappa shape index (κ2) is 7.92. The molecule has 0 radical (unpaired) electrons. The van der Waals surface area contributed by atoms with Crippen molar-refractivity contribution in [2.75, 3.05) is 17.2 Å². The molecule has 0 bridgehead atoms. The number of thiazole rings is 1. The zero-order chi connectivity index (χ0) is 20.4. The van der Waals surface area contributed by atoms with Crippen molar-refractivity contribution in [2.45, 2.75) is 20.0 Å². The smallest absolute Gasteiger partial charge is 0.330 e. The molecule has 0 aliphatic carbocycles. The lowest BCUT2D eigenvalue weighted by Gasteiger charge is -2.24. The number of para-hydroxylation sites is 1. The molecule has 0 spiro atoms. The average molecular weight is 407 g/mol. The van der Waals surface area contributed by atoms with Crippen LogP contribution in [0.4, 0.5) is 11.5 Å². The first-order valence-electron chi connectivity index (χ1n) is 9.32. The summed E-state index contributed by atoms with van der Waals surface area (Å²) < 4.78 is 2.49. The van der Waals surface area contributed by atoms with E-state index < -0.39 is 11.2 Å². The predicted octanol–water partition coefficient (Wildman–Crippen LogP) is 2.80. The van der Waals surface area contributed by atoms with Gasteiger partial charge in [-0.05, 0) is 24.6 Å². The van der Waals surface area contributed by atoms with Crippen molar-refractivity contribution >= 4 is 33.1 Å². The summed E-state index contributed by atoms with van der Waals surface area (Å²) in [6.07, 6.45) is 0. The molecule has 0 unspecified atom stereocenters. The van der Waals surface area contributed by atoms with Crippen molar-refractivity contribution in [1.29, 1.82) is 0 Å². The Bertz CT molecular complexity index is 1230. The molecule has 4 aromatic rings. The number of hydrogen-bond acceptors (Lipinski definition) is 6. The zero-order valence-corrected chi connectivity index (χ0v) is 16.8. The Morgan fingerprint density at radius 3 is 2.55 bits per heavy atom. The van der Waals surface area contributed by atoms with Crippen LogP contribution in [-0.2, 0) is 13.1 Å². The van der Waals surface area contributed by atoms with Gasteiger partial charge in [-0.3, -0.25) is 14.3 Å². The Hall–Kier alpha value is -3.39. The topological polar surface area (TPSA) is 97.0 Å². The molecule has 8 heteroatoms. The SMILES string of the molecule is CCN(Cc1nc2ccccc2s1)c1c(N)n(Cc2ccccc2)c(=O)[nH]c1=O. The molecule has 0 aliphatic heterocycles. The number of benzene rings is 2. The van der Waals surface area contributed by atoms with Crippen LogP contribution < -0.4 is 21.9 Å². The van der Waals surface area contributed by atoms with E-state index in [2.05, 4.69) is 9.97 Å². The fourth-order valence-corrected chi connectivity index (χ4v) is 4.29. The van der Waals surface area contributed by atoms with Gasteiger partial charge in [0.05, 0.1) is 23.3 Å². The second-order valence-corrected chi connectivity index (χ2v) is 7.77. The maximum absolute atomic E-state index is 12.6. The summed E-state index contributed by atoms with van der Waals surface area (Å²) in [5.41, 5.74) is 7.47. The van der Waals surface area contributed by atoms with Crippen molar-refractivity contribution in [3.05, 3.63) is 86.0 Å². The van der Waals surface area contributed by atoms with Gasteiger partial charge in [-0.2, -0.15) is 0 Å². The molecule has 7 nitrogen and oxygen atoms in total. The Kier molecular flexibility index (Phi) is 5.18. The number of H-pyrrole nitrogens is 1. The fourth-order valence-electron chi connectivity index (χ4n) is 3.31. The van der Waals surface area contributed by atoms with Crippen molar-refractivity contribution in [2.24, 2.45) is 0 Å². The fraction of sp³-hybridized carbons (Fsp3) is 0.190. The lowest BCUT2D eigenvalue weighted by Crippen LogP contribution is -2.38. The number of aromatic amines is 1.